The number of Topliss-reactive ketones (excluding diaryl/α,β-unsaturated/α-hetero) is 1. The highest BCUT2D eigenvalue weighted by atomic mass is 16.4. The lowest BCUT2D eigenvalue weighted by atomic mass is 9.86. The summed E-state index contributed by atoms with van der Waals surface area (Å²) in [6.45, 7) is 2.80. The lowest BCUT2D eigenvalue weighted by Crippen LogP contribution is -2.19. The number of carboxylic acid groups (broad SMARTS) is 1. The van der Waals surface area contributed by atoms with Crippen LogP contribution in [-0.4, -0.2) is 36.6 Å². The van der Waals surface area contributed by atoms with Gasteiger partial charge in [0.2, 0.25) is 11.6 Å². The van der Waals surface area contributed by atoms with E-state index in [1.807, 2.05) is 28.9 Å². The summed E-state index contributed by atoms with van der Waals surface area (Å²) < 4.78 is 1.85. The van der Waals surface area contributed by atoms with Crippen molar-refractivity contribution in [2.75, 3.05) is 0 Å². The number of hydrogen-bond donors (Lipinski definition) is 1. The van der Waals surface area contributed by atoms with E-state index in [1.54, 1.807) is 12.1 Å². The van der Waals surface area contributed by atoms with Gasteiger partial charge in [0.05, 0.1) is 0 Å². The third-order valence-electron chi connectivity index (χ3n) is 6.02. The molecule has 0 atom stereocenters. The molecule has 166 valence electrons. The first-order chi connectivity index (χ1) is 15.6. The summed E-state index contributed by atoms with van der Waals surface area (Å²) >= 11 is 0. The maximum Gasteiger partial charge on any atom is 0.355 e. The van der Waals surface area contributed by atoms with Crippen LogP contribution >= 0.6 is 0 Å². The van der Waals surface area contributed by atoms with Crippen LogP contribution in [0, 0.1) is 5.92 Å². The number of rotatable bonds is 8. The standard InChI is InChI=1S/C25H28N4O3/c1-2-15-29-21(27-24(28-29)23(30)19-7-4-3-5-8-19)16-17-10-12-18(13-11-17)20-9-6-14-26-22(20)25(31)32/h6,9-14,19H,2-5,7-8,15-16H2,1H3,(H,31,32). The van der Waals surface area contributed by atoms with Crippen LogP contribution in [0.25, 0.3) is 11.1 Å². The molecular formula is C25H28N4O3. The number of carbonyl (C=O) groups is 2. The van der Waals surface area contributed by atoms with Crippen LogP contribution in [0.1, 0.15) is 77.9 Å². The van der Waals surface area contributed by atoms with Gasteiger partial charge in [-0.2, -0.15) is 0 Å². The number of carbonyl (C=O) groups excluding carboxylic acids is 1. The average Bonchev–Trinajstić information content (AvgIpc) is 3.22. The lowest BCUT2D eigenvalue weighted by Gasteiger charge is -2.18. The molecule has 3 aromatic rings. The Balaban J connectivity index is 1.55. The molecule has 1 fully saturated rings. The largest absolute Gasteiger partial charge is 0.476 e. The zero-order chi connectivity index (χ0) is 22.5. The van der Waals surface area contributed by atoms with E-state index in [0.717, 1.165) is 55.6 Å². The highest BCUT2D eigenvalue weighted by Gasteiger charge is 2.26. The minimum atomic E-state index is -1.05. The Hall–Kier alpha value is -3.35. The molecule has 7 heteroatoms. The van der Waals surface area contributed by atoms with Crippen molar-refractivity contribution in [1.82, 2.24) is 19.7 Å². The molecule has 4 rings (SSSR count). The van der Waals surface area contributed by atoms with Crippen molar-refractivity contribution < 1.29 is 14.7 Å². The second-order valence-electron chi connectivity index (χ2n) is 8.35. The number of nitrogens with zero attached hydrogens (tertiary/aromatic N) is 4. The monoisotopic (exact) mass is 432 g/mol. The van der Waals surface area contributed by atoms with E-state index in [1.165, 1.54) is 12.6 Å². The number of aryl methyl sites for hydroxylation is 1. The zero-order valence-corrected chi connectivity index (χ0v) is 18.3. The average molecular weight is 433 g/mol. The van der Waals surface area contributed by atoms with Gasteiger partial charge in [0.1, 0.15) is 5.82 Å². The van der Waals surface area contributed by atoms with Gasteiger partial charge in [0.25, 0.3) is 0 Å². The molecule has 1 aliphatic rings. The fourth-order valence-electron chi connectivity index (χ4n) is 4.34. The van der Waals surface area contributed by atoms with Crippen molar-refractivity contribution in [2.24, 2.45) is 5.92 Å². The molecule has 7 nitrogen and oxygen atoms in total. The number of benzene rings is 1. The predicted octanol–water partition coefficient (Wildman–Crippen LogP) is 4.80. The molecule has 1 N–H and O–H groups in total. The minimum absolute atomic E-state index is 0.0359. The first kappa shape index (κ1) is 21.9. The van der Waals surface area contributed by atoms with Gasteiger partial charge in [-0.25, -0.2) is 19.4 Å². The Morgan fingerprint density at radius 1 is 1.09 bits per heavy atom. The van der Waals surface area contributed by atoms with Crippen LogP contribution in [0.15, 0.2) is 42.6 Å². The first-order valence-corrected chi connectivity index (χ1v) is 11.3. The summed E-state index contributed by atoms with van der Waals surface area (Å²) in [7, 11) is 0. The van der Waals surface area contributed by atoms with Crippen LogP contribution in [0.5, 0.6) is 0 Å². The van der Waals surface area contributed by atoms with E-state index in [9.17, 15) is 14.7 Å². The van der Waals surface area contributed by atoms with Crippen molar-refractivity contribution >= 4 is 11.8 Å². The predicted molar refractivity (Wildman–Crippen MR) is 121 cm³/mol. The Labute approximate surface area is 187 Å². The Morgan fingerprint density at radius 2 is 1.84 bits per heavy atom. The summed E-state index contributed by atoms with van der Waals surface area (Å²) in [6, 6.07) is 11.2. The topological polar surface area (TPSA) is 98.0 Å². The van der Waals surface area contributed by atoms with Crippen molar-refractivity contribution in [3.05, 3.63) is 65.5 Å². The molecule has 0 spiro atoms. The SMILES string of the molecule is CCCn1nc(C(=O)C2CCCCC2)nc1Cc1ccc(-c2cccnc2C(=O)O)cc1. The number of ketones is 1. The molecule has 32 heavy (non-hydrogen) atoms. The lowest BCUT2D eigenvalue weighted by molar-refractivity contribution is 0.0691. The van der Waals surface area contributed by atoms with Gasteiger partial charge < -0.3 is 5.11 Å². The summed E-state index contributed by atoms with van der Waals surface area (Å²) in [6.07, 6.45) is 8.23. The van der Waals surface area contributed by atoms with E-state index in [-0.39, 0.29) is 17.4 Å². The van der Waals surface area contributed by atoms with E-state index in [0.29, 0.717) is 17.8 Å². The maximum atomic E-state index is 12.9. The first-order valence-electron chi connectivity index (χ1n) is 11.3. The molecule has 1 aromatic carbocycles. The molecule has 0 amide bonds. The van der Waals surface area contributed by atoms with Crippen LogP contribution < -0.4 is 0 Å². The summed E-state index contributed by atoms with van der Waals surface area (Å²) in [5.41, 5.74) is 2.44. The summed E-state index contributed by atoms with van der Waals surface area (Å²) in [5.74, 6) is 0.211. The minimum Gasteiger partial charge on any atom is -0.476 e. The highest BCUT2D eigenvalue weighted by molar-refractivity contribution is 5.94. The number of carboxylic acids is 1. The van der Waals surface area contributed by atoms with Gasteiger partial charge in [-0.1, -0.05) is 56.5 Å². The second kappa shape index (κ2) is 9.85. The van der Waals surface area contributed by atoms with Gasteiger partial charge in [0, 0.05) is 30.6 Å². The highest BCUT2D eigenvalue weighted by Crippen LogP contribution is 2.27. The molecular weight excluding hydrogens is 404 g/mol. The van der Waals surface area contributed by atoms with Gasteiger partial charge in [-0.15, -0.1) is 5.10 Å². The quantitative estimate of drug-likeness (QED) is 0.513. The van der Waals surface area contributed by atoms with Crippen molar-refractivity contribution in [1.29, 1.82) is 0 Å². The molecule has 2 heterocycles. The maximum absolute atomic E-state index is 12.9. The van der Waals surface area contributed by atoms with Crippen molar-refractivity contribution in [3.8, 4) is 11.1 Å². The number of pyridine rings is 1. The van der Waals surface area contributed by atoms with Crippen LogP contribution in [0.4, 0.5) is 0 Å². The third kappa shape index (κ3) is 4.77. The normalized spacial score (nSPS) is 14.4. The molecule has 1 aliphatic carbocycles. The van der Waals surface area contributed by atoms with Crippen molar-refractivity contribution in [2.45, 2.75) is 58.4 Å². The van der Waals surface area contributed by atoms with Crippen LogP contribution in [0.2, 0.25) is 0 Å². The van der Waals surface area contributed by atoms with Gasteiger partial charge in [-0.05, 0) is 36.5 Å². The fourth-order valence-corrected chi connectivity index (χ4v) is 4.34. The Kier molecular flexibility index (Phi) is 6.73. The van der Waals surface area contributed by atoms with Crippen molar-refractivity contribution in [3.63, 3.8) is 0 Å². The van der Waals surface area contributed by atoms with E-state index in [4.69, 9.17) is 0 Å². The Bertz CT molecular complexity index is 1100. The molecule has 1 saturated carbocycles. The molecule has 2 aromatic heterocycles. The molecule has 0 aliphatic heterocycles. The number of aromatic carboxylic acids is 1. The Morgan fingerprint density at radius 3 is 2.53 bits per heavy atom. The molecule has 0 saturated heterocycles. The fraction of sp³-hybridized carbons (Fsp3) is 0.400. The summed E-state index contributed by atoms with van der Waals surface area (Å²) in [4.78, 5) is 33.0. The zero-order valence-electron chi connectivity index (χ0n) is 18.3. The van der Waals surface area contributed by atoms with E-state index in [2.05, 4.69) is 22.0 Å². The van der Waals surface area contributed by atoms with Crippen LogP contribution in [-0.2, 0) is 13.0 Å². The van der Waals surface area contributed by atoms with Gasteiger partial charge in [0.15, 0.2) is 5.69 Å². The number of hydrogen-bond acceptors (Lipinski definition) is 5. The van der Waals surface area contributed by atoms with Gasteiger partial charge in [-0.3, -0.25) is 4.79 Å². The van der Waals surface area contributed by atoms with E-state index >= 15 is 0 Å². The van der Waals surface area contributed by atoms with Crippen LogP contribution in [0.3, 0.4) is 0 Å². The van der Waals surface area contributed by atoms with Gasteiger partial charge >= 0.3 is 5.97 Å². The summed E-state index contributed by atoms with van der Waals surface area (Å²) in [5, 5.41) is 13.9. The second-order valence-corrected chi connectivity index (χ2v) is 8.35. The molecule has 0 radical (unpaired) electrons. The molecule has 0 unspecified atom stereocenters. The number of aromatic nitrogens is 4. The third-order valence-corrected chi connectivity index (χ3v) is 6.02. The smallest absolute Gasteiger partial charge is 0.355 e. The molecule has 0 bridgehead atoms. The van der Waals surface area contributed by atoms with E-state index < -0.39 is 5.97 Å².